The zero-order valence-electron chi connectivity index (χ0n) is 12.7. The summed E-state index contributed by atoms with van der Waals surface area (Å²) in [5, 5.41) is 21.4. The molecule has 0 aliphatic rings. The molecule has 24 heavy (non-hydrogen) atoms. The summed E-state index contributed by atoms with van der Waals surface area (Å²) < 4.78 is 15.7. The summed E-state index contributed by atoms with van der Waals surface area (Å²) in [7, 11) is 0. The van der Waals surface area contributed by atoms with Crippen molar-refractivity contribution in [1.29, 1.82) is 0 Å². The Kier molecular flexibility index (Phi) is 3.38. The molecule has 0 saturated heterocycles. The van der Waals surface area contributed by atoms with E-state index in [1.807, 2.05) is 6.92 Å². The Bertz CT molecular complexity index is 978. The van der Waals surface area contributed by atoms with Crippen LogP contribution < -0.4 is 5.32 Å². The summed E-state index contributed by atoms with van der Waals surface area (Å²) in [5.74, 6) is 0.839. The van der Waals surface area contributed by atoms with E-state index in [0.717, 1.165) is 0 Å². The number of H-pyrrole nitrogens is 1. The highest BCUT2D eigenvalue weighted by molar-refractivity contribution is 5.67. The molecule has 120 valence electrons. The zero-order valence-corrected chi connectivity index (χ0v) is 12.7. The first-order valence-corrected chi connectivity index (χ1v) is 7.32. The quantitative estimate of drug-likeness (QED) is 0.597. The summed E-state index contributed by atoms with van der Waals surface area (Å²) in [4.78, 5) is 4.47. The van der Waals surface area contributed by atoms with E-state index < -0.39 is 0 Å². The van der Waals surface area contributed by atoms with Gasteiger partial charge in [-0.1, -0.05) is 17.3 Å². The van der Waals surface area contributed by atoms with Crippen LogP contribution in [0.1, 0.15) is 18.8 Å². The van der Waals surface area contributed by atoms with Crippen LogP contribution in [0.5, 0.6) is 0 Å². The number of benzene rings is 1. The molecular weight excluding hydrogens is 311 g/mol. The molecule has 0 amide bonds. The maximum absolute atomic E-state index is 14.1. The van der Waals surface area contributed by atoms with Gasteiger partial charge >= 0.3 is 0 Å². The number of hydrogen-bond acceptors (Lipinski definition) is 6. The van der Waals surface area contributed by atoms with Gasteiger partial charge in [-0.25, -0.2) is 9.37 Å². The molecule has 0 aliphatic carbocycles. The van der Waals surface area contributed by atoms with Gasteiger partial charge in [-0.2, -0.15) is 14.8 Å². The van der Waals surface area contributed by atoms with E-state index in [9.17, 15) is 4.39 Å². The second kappa shape index (κ2) is 5.69. The van der Waals surface area contributed by atoms with Crippen LogP contribution in [0.3, 0.4) is 0 Å². The van der Waals surface area contributed by atoms with Crippen molar-refractivity contribution in [3.05, 3.63) is 54.2 Å². The Morgan fingerprint density at radius 3 is 2.92 bits per heavy atom. The molecule has 9 heteroatoms. The van der Waals surface area contributed by atoms with Crippen molar-refractivity contribution in [3.8, 4) is 11.3 Å². The molecule has 2 N–H and O–H groups in total. The average molecular weight is 324 g/mol. The van der Waals surface area contributed by atoms with Gasteiger partial charge in [0, 0.05) is 17.7 Å². The number of rotatable bonds is 4. The first kappa shape index (κ1) is 14.2. The van der Waals surface area contributed by atoms with Crippen LogP contribution in [0, 0.1) is 5.82 Å². The first-order chi connectivity index (χ1) is 11.7. The number of fused-ring (bicyclic) bond motifs is 1. The molecule has 0 saturated carbocycles. The number of nitrogens with one attached hydrogen (secondary N) is 2. The minimum absolute atomic E-state index is 0.216. The van der Waals surface area contributed by atoms with Gasteiger partial charge in [0.15, 0.2) is 11.5 Å². The van der Waals surface area contributed by atoms with Crippen LogP contribution in [0.4, 0.5) is 10.2 Å². The topological polar surface area (TPSA) is 96.7 Å². The fraction of sp³-hybridized carbons (Fsp3) is 0.133. The molecule has 3 aromatic heterocycles. The second-order valence-corrected chi connectivity index (χ2v) is 5.24. The first-order valence-electron chi connectivity index (χ1n) is 7.32. The van der Waals surface area contributed by atoms with E-state index >= 15 is 0 Å². The highest BCUT2D eigenvalue weighted by atomic mass is 19.1. The smallest absolute Gasteiger partial charge is 0.196 e. The monoisotopic (exact) mass is 324 g/mol. The maximum atomic E-state index is 14.1. The van der Waals surface area contributed by atoms with Crippen LogP contribution in [0.2, 0.25) is 0 Å². The van der Waals surface area contributed by atoms with Gasteiger partial charge < -0.3 is 5.32 Å². The number of aromatic amines is 1. The van der Waals surface area contributed by atoms with Crippen LogP contribution in [0.25, 0.3) is 16.9 Å². The molecule has 4 aromatic rings. The largest absolute Gasteiger partial charge is 0.360 e. The van der Waals surface area contributed by atoms with Crippen LogP contribution in [0.15, 0.2) is 42.6 Å². The molecular formula is C15H13FN8. The highest BCUT2D eigenvalue weighted by Crippen LogP contribution is 2.26. The van der Waals surface area contributed by atoms with Crippen molar-refractivity contribution in [2.75, 3.05) is 5.32 Å². The SMILES string of the molecule is C[C@H](Nc1cc(-c2ccccc2F)nc2ccnn12)c1nn[nH]n1. The van der Waals surface area contributed by atoms with E-state index in [4.69, 9.17) is 0 Å². The lowest BCUT2D eigenvalue weighted by Gasteiger charge is -2.14. The molecule has 1 atom stereocenters. The van der Waals surface area contributed by atoms with Crippen molar-refractivity contribution in [2.24, 2.45) is 0 Å². The van der Waals surface area contributed by atoms with Crippen molar-refractivity contribution in [1.82, 2.24) is 35.2 Å². The van der Waals surface area contributed by atoms with Gasteiger partial charge in [0.25, 0.3) is 0 Å². The molecule has 0 bridgehead atoms. The fourth-order valence-electron chi connectivity index (χ4n) is 2.46. The van der Waals surface area contributed by atoms with E-state index in [2.05, 4.69) is 36.0 Å². The number of anilines is 1. The van der Waals surface area contributed by atoms with Gasteiger partial charge in [-0.15, -0.1) is 10.2 Å². The van der Waals surface area contributed by atoms with Crippen molar-refractivity contribution in [3.63, 3.8) is 0 Å². The number of nitrogens with zero attached hydrogens (tertiary/aromatic N) is 6. The minimum Gasteiger partial charge on any atom is -0.360 e. The molecule has 0 aliphatic heterocycles. The molecule has 0 spiro atoms. The number of aromatic nitrogens is 7. The van der Waals surface area contributed by atoms with E-state index in [1.54, 1.807) is 41.0 Å². The van der Waals surface area contributed by atoms with E-state index in [1.165, 1.54) is 6.07 Å². The molecule has 1 aromatic carbocycles. The molecule has 0 radical (unpaired) electrons. The lowest BCUT2D eigenvalue weighted by atomic mass is 10.1. The van der Waals surface area contributed by atoms with E-state index in [-0.39, 0.29) is 11.9 Å². The Hall–Kier alpha value is -3.36. The molecule has 0 unspecified atom stereocenters. The predicted molar refractivity (Wildman–Crippen MR) is 84.6 cm³/mol. The summed E-state index contributed by atoms with van der Waals surface area (Å²) in [6, 6.07) is 9.81. The third-order valence-electron chi connectivity index (χ3n) is 3.62. The normalized spacial score (nSPS) is 12.4. The Morgan fingerprint density at radius 2 is 2.12 bits per heavy atom. The standard InChI is InChI=1S/C15H13FN8/c1-9(15-20-22-23-21-15)18-14-8-12(10-4-2-3-5-11(10)16)19-13-6-7-17-24(13)14/h2-9,18H,1H3,(H,20,21,22,23)/t9-/m0/s1. The van der Waals surface area contributed by atoms with Gasteiger partial charge in [0.05, 0.1) is 17.9 Å². The third kappa shape index (κ3) is 2.45. The number of hydrogen-bond donors (Lipinski definition) is 2. The number of halogens is 1. The lowest BCUT2D eigenvalue weighted by molar-refractivity contribution is 0.630. The molecule has 0 fully saturated rings. The van der Waals surface area contributed by atoms with Gasteiger partial charge in [0.2, 0.25) is 0 Å². The molecule has 8 nitrogen and oxygen atoms in total. The third-order valence-corrected chi connectivity index (χ3v) is 3.62. The van der Waals surface area contributed by atoms with Gasteiger partial charge in [-0.3, -0.25) is 0 Å². The van der Waals surface area contributed by atoms with E-state index in [0.29, 0.717) is 28.5 Å². The predicted octanol–water partition coefficient (Wildman–Crippen LogP) is 2.22. The lowest BCUT2D eigenvalue weighted by Crippen LogP contribution is -2.12. The van der Waals surface area contributed by atoms with Crippen molar-refractivity contribution < 1.29 is 4.39 Å². The zero-order chi connectivity index (χ0) is 16.5. The van der Waals surface area contributed by atoms with Crippen LogP contribution in [-0.2, 0) is 0 Å². The highest BCUT2D eigenvalue weighted by Gasteiger charge is 2.15. The summed E-state index contributed by atoms with van der Waals surface area (Å²) in [5.41, 5.74) is 1.55. The van der Waals surface area contributed by atoms with Gasteiger partial charge in [-0.05, 0) is 19.1 Å². The maximum Gasteiger partial charge on any atom is 0.196 e. The molecule has 3 heterocycles. The van der Waals surface area contributed by atoms with Gasteiger partial charge in [0.1, 0.15) is 11.6 Å². The minimum atomic E-state index is -0.328. The fourth-order valence-corrected chi connectivity index (χ4v) is 2.46. The Balaban J connectivity index is 1.80. The second-order valence-electron chi connectivity index (χ2n) is 5.24. The number of tetrazole rings is 1. The van der Waals surface area contributed by atoms with Crippen LogP contribution in [-0.4, -0.2) is 35.2 Å². The Labute approximate surface area is 135 Å². The average Bonchev–Trinajstić information content (AvgIpc) is 3.26. The summed E-state index contributed by atoms with van der Waals surface area (Å²) in [6.45, 7) is 1.89. The van der Waals surface area contributed by atoms with Crippen LogP contribution >= 0.6 is 0 Å². The summed E-state index contributed by atoms with van der Waals surface area (Å²) in [6.07, 6.45) is 1.64. The Morgan fingerprint density at radius 1 is 1.25 bits per heavy atom. The van der Waals surface area contributed by atoms with Crippen molar-refractivity contribution in [2.45, 2.75) is 13.0 Å². The molecule has 4 rings (SSSR count). The summed E-state index contributed by atoms with van der Waals surface area (Å²) >= 11 is 0. The van der Waals surface area contributed by atoms with Crippen molar-refractivity contribution >= 4 is 11.5 Å².